The summed E-state index contributed by atoms with van der Waals surface area (Å²) in [6, 6.07) is 0.527. The van der Waals surface area contributed by atoms with Crippen LogP contribution in [0.25, 0.3) is 0 Å². The molecule has 0 aromatic rings. The molecule has 0 radical (unpaired) electrons. The van der Waals surface area contributed by atoms with Crippen molar-refractivity contribution in [1.82, 2.24) is 0 Å². The average Bonchev–Trinajstić information content (AvgIpc) is 2.29. The highest BCUT2D eigenvalue weighted by molar-refractivity contribution is 4.91. The molecule has 2 rings (SSSR count). The van der Waals surface area contributed by atoms with E-state index >= 15 is 0 Å². The summed E-state index contributed by atoms with van der Waals surface area (Å²) in [6.07, 6.45) is 5.71. The van der Waals surface area contributed by atoms with Gasteiger partial charge in [-0.05, 0) is 37.0 Å². The van der Waals surface area contributed by atoms with Crippen LogP contribution in [0, 0.1) is 17.8 Å². The maximum absolute atomic E-state index is 6.06. The SMILES string of the molecule is CC1CC2CCC(C2)C1N. The van der Waals surface area contributed by atoms with Crippen molar-refractivity contribution in [1.29, 1.82) is 0 Å². The first-order chi connectivity index (χ1) is 4.77. The molecule has 2 aliphatic rings. The molecular formula is C9H17N. The molecule has 4 unspecified atom stereocenters. The van der Waals surface area contributed by atoms with E-state index in [9.17, 15) is 0 Å². The summed E-state index contributed by atoms with van der Waals surface area (Å²) in [5.74, 6) is 2.72. The van der Waals surface area contributed by atoms with Gasteiger partial charge in [0.2, 0.25) is 0 Å². The second-order valence-electron chi connectivity index (χ2n) is 4.23. The summed E-state index contributed by atoms with van der Waals surface area (Å²) in [4.78, 5) is 0. The van der Waals surface area contributed by atoms with E-state index in [1.54, 1.807) is 0 Å². The number of fused-ring (bicyclic) bond motifs is 2. The molecule has 0 spiro atoms. The van der Waals surface area contributed by atoms with Crippen LogP contribution >= 0.6 is 0 Å². The van der Waals surface area contributed by atoms with E-state index in [-0.39, 0.29) is 0 Å². The Morgan fingerprint density at radius 1 is 1.20 bits per heavy atom. The van der Waals surface area contributed by atoms with Crippen molar-refractivity contribution in [3.8, 4) is 0 Å². The van der Waals surface area contributed by atoms with Gasteiger partial charge < -0.3 is 5.73 Å². The smallest absolute Gasteiger partial charge is 0.00932 e. The molecule has 0 heterocycles. The van der Waals surface area contributed by atoms with Gasteiger partial charge in [-0.15, -0.1) is 0 Å². The van der Waals surface area contributed by atoms with Gasteiger partial charge in [-0.25, -0.2) is 0 Å². The zero-order valence-electron chi connectivity index (χ0n) is 6.72. The highest BCUT2D eigenvalue weighted by Gasteiger charge is 2.37. The van der Waals surface area contributed by atoms with Crippen molar-refractivity contribution >= 4 is 0 Å². The molecular weight excluding hydrogens is 122 g/mol. The summed E-state index contributed by atoms with van der Waals surface area (Å²) >= 11 is 0. The average molecular weight is 139 g/mol. The van der Waals surface area contributed by atoms with Gasteiger partial charge in [0, 0.05) is 6.04 Å². The van der Waals surface area contributed by atoms with Crippen LogP contribution in [0.4, 0.5) is 0 Å². The third kappa shape index (κ3) is 0.878. The second kappa shape index (κ2) is 2.23. The molecule has 1 heteroatoms. The van der Waals surface area contributed by atoms with Crippen LogP contribution in [0.3, 0.4) is 0 Å². The Morgan fingerprint density at radius 3 is 2.80 bits per heavy atom. The third-order valence-electron chi connectivity index (χ3n) is 3.49. The molecule has 0 aliphatic heterocycles. The topological polar surface area (TPSA) is 26.0 Å². The summed E-state index contributed by atoms with van der Waals surface area (Å²) in [7, 11) is 0. The minimum atomic E-state index is 0.527. The largest absolute Gasteiger partial charge is 0.327 e. The van der Waals surface area contributed by atoms with Gasteiger partial charge in [0.25, 0.3) is 0 Å². The fraction of sp³-hybridized carbons (Fsp3) is 1.00. The van der Waals surface area contributed by atoms with Crippen LogP contribution in [-0.4, -0.2) is 6.04 Å². The van der Waals surface area contributed by atoms with Crippen LogP contribution in [-0.2, 0) is 0 Å². The lowest BCUT2D eigenvalue weighted by Gasteiger charge is -2.31. The Labute approximate surface area is 63.0 Å². The Bertz CT molecular complexity index is 133. The lowest BCUT2D eigenvalue weighted by atomic mass is 9.78. The van der Waals surface area contributed by atoms with Crippen molar-refractivity contribution < 1.29 is 0 Å². The first kappa shape index (κ1) is 6.66. The van der Waals surface area contributed by atoms with Crippen LogP contribution in [0.2, 0.25) is 0 Å². The molecule has 0 saturated heterocycles. The normalized spacial score (nSPS) is 53.4. The molecule has 2 fully saturated rings. The zero-order valence-corrected chi connectivity index (χ0v) is 6.72. The maximum atomic E-state index is 6.06. The van der Waals surface area contributed by atoms with Crippen LogP contribution in [0.15, 0.2) is 0 Å². The first-order valence-corrected chi connectivity index (χ1v) is 4.53. The van der Waals surface area contributed by atoms with E-state index in [1.165, 1.54) is 25.7 Å². The molecule has 1 nitrogen and oxygen atoms in total. The number of hydrogen-bond acceptors (Lipinski definition) is 1. The number of nitrogens with two attached hydrogens (primary N) is 1. The van der Waals surface area contributed by atoms with Gasteiger partial charge in [-0.3, -0.25) is 0 Å². The van der Waals surface area contributed by atoms with Crippen LogP contribution in [0.5, 0.6) is 0 Å². The minimum Gasteiger partial charge on any atom is -0.327 e. The number of hydrogen-bond donors (Lipinski definition) is 1. The van der Waals surface area contributed by atoms with Crippen LogP contribution < -0.4 is 5.73 Å². The molecule has 2 N–H and O–H groups in total. The predicted molar refractivity (Wildman–Crippen MR) is 42.6 cm³/mol. The van der Waals surface area contributed by atoms with Gasteiger partial charge in [0.1, 0.15) is 0 Å². The Hall–Kier alpha value is -0.0400. The highest BCUT2D eigenvalue weighted by atomic mass is 14.7. The molecule has 2 bridgehead atoms. The molecule has 4 atom stereocenters. The van der Waals surface area contributed by atoms with E-state index < -0.39 is 0 Å². The molecule has 0 aromatic carbocycles. The minimum absolute atomic E-state index is 0.527. The van der Waals surface area contributed by atoms with E-state index in [4.69, 9.17) is 5.73 Å². The van der Waals surface area contributed by atoms with Gasteiger partial charge in [-0.1, -0.05) is 13.3 Å². The number of rotatable bonds is 0. The molecule has 2 saturated carbocycles. The van der Waals surface area contributed by atoms with Crippen molar-refractivity contribution in [2.75, 3.05) is 0 Å². The van der Waals surface area contributed by atoms with E-state index in [0.717, 1.165) is 17.8 Å². The first-order valence-electron chi connectivity index (χ1n) is 4.53. The maximum Gasteiger partial charge on any atom is 0.00932 e. The summed E-state index contributed by atoms with van der Waals surface area (Å²) in [5, 5.41) is 0. The van der Waals surface area contributed by atoms with Crippen LogP contribution in [0.1, 0.15) is 32.6 Å². The van der Waals surface area contributed by atoms with E-state index in [0.29, 0.717) is 6.04 Å². The van der Waals surface area contributed by atoms with Gasteiger partial charge in [0.15, 0.2) is 0 Å². The fourth-order valence-electron chi connectivity index (χ4n) is 2.82. The zero-order chi connectivity index (χ0) is 7.14. The molecule has 0 aromatic heterocycles. The van der Waals surface area contributed by atoms with Crippen molar-refractivity contribution in [3.05, 3.63) is 0 Å². The van der Waals surface area contributed by atoms with Crippen molar-refractivity contribution in [2.45, 2.75) is 38.6 Å². The summed E-state index contributed by atoms with van der Waals surface area (Å²) in [6.45, 7) is 2.31. The quantitative estimate of drug-likeness (QED) is 0.544. The molecule has 10 heavy (non-hydrogen) atoms. The highest BCUT2D eigenvalue weighted by Crippen LogP contribution is 2.43. The second-order valence-corrected chi connectivity index (χ2v) is 4.23. The predicted octanol–water partition coefficient (Wildman–Crippen LogP) is 1.77. The Morgan fingerprint density at radius 2 is 2.00 bits per heavy atom. The van der Waals surface area contributed by atoms with E-state index in [1.807, 2.05) is 0 Å². The lowest BCUT2D eigenvalue weighted by Crippen LogP contribution is -2.38. The Kier molecular flexibility index (Phi) is 1.48. The molecule has 2 aliphatic carbocycles. The Balaban J connectivity index is 2.09. The fourth-order valence-corrected chi connectivity index (χ4v) is 2.82. The van der Waals surface area contributed by atoms with Gasteiger partial charge in [0.05, 0.1) is 0 Å². The standard InChI is InChI=1S/C9H17N/c1-6-4-7-2-3-8(5-7)9(6)10/h6-9H,2-5,10H2,1H3. The summed E-state index contributed by atoms with van der Waals surface area (Å²) in [5.41, 5.74) is 6.06. The van der Waals surface area contributed by atoms with Crippen molar-refractivity contribution in [3.63, 3.8) is 0 Å². The van der Waals surface area contributed by atoms with Crippen molar-refractivity contribution in [2.24, 2.45) is 23.5 Å². The van der Waals surface area contributed by atoms with E-state index in [2.05, 4.69) is 6.92 Å². The molecule has 58 valence electrons. The monoisotopic (exact) mass is 139 g/mol. The molecule has 0 amide bonds. The lowest BCUT2D eigenvalue weighted by molar-refractivity contribution is 0.235. The van der Waals surface area contributed by atoms with Gasteiger partial charge in [-0.2, -0.15) is 0 Å². The summed E-state index contributed by atoms with van der Waals surface area (Å²) < 4.78 is 0. The van der Waals surface area contributed by atoms with Gasteiger partial charge >= 0.3 is 0 Å². The third-order valence-corrected chi connectivity index (χ3v) is 3.49.